The van der Waals surface area contributed by atoms with Crippen LogP contribution in [0.4, 0.5) is 19.3 Å². The molecule has 0 radical (unpaired) electrons. The molecule has 1 aliphatic carbocycles. The summed E-state index contributed by atoms with van der Waals surface area (Å²) in [7, 11) is -2.13. The molecule has 4 aliphatic heterocycles. The molecule has 296 valence electrons. The van der Waals surface area contributed by atoms with Crippen molar-refractivity contribution in [3.8, 4) is 0 Å². The largest absolute Gasteiger partial charge is 0.453 e. The number of amides is 2. The highest BCUT2D eigenvalue weighted by molar-refractivity contribution is 7.91. The highest BCUT2D eigenvalue weighted by atomic mass is 32.2. The van der Waals surface area contributed by atoms with E-state index in [4.69, 9.17) is 4.74 Å². The number of sulfone groups is 1. The van der Waals surface area contributed by atoms with Gasteiger partial charge < -0.3 is 24.8 Å². The summed E-state index contributed by atoms with van der Waals surface area (Å²) in [5.74, 6) is 0.0113. The fourth-order valence-corrected chi connectivity index (χ4v) is 12.1. The van der Waals surface area contributed by atoms with Crippen molar-refractivity contribution in [3.05, 3.63) is 59.9 Å². The number of methoxy groups -OCH3 is 1. The molecule has 0 bridgehead atoms. The number of carbonyl (C=O) groups excluding carboxylic acids is 2. The number of carbonyl (C=O) groups is 2. The number of alkyl carbamates (subject to hydrolysis) is 1. The van der Waals surface area contributed by atoms with Crippen LogP contribution in [0.1, 0.15) is 63.9 Å². The van der Waals surface area contributed by atoms with Gasteiger partial charge in [0, 0.05) is 50.2 Å². The van der Waals surface area contributed by atoms with Gasteiger partial charge in [0.2, 0.25) is 5.91 Å². The Morgan fingerprint density at radius 1 is 0.926 bits per heavy atom. The Hall–Kier alpha value is -3.29. The summed E-state index contributed by atoms with van der Waals surface area (Å²) in [5, 5.41) is 3.14. The van der Waals surface area contributed by atoms with Crippen molar-refractivity contribution >= 4 is 27.5 Å². The lowest BCUT2D eigenvalue weighted by atomic mass is 9.57. The van der Waals surface area contributed by atoms with Crippen LogP contribution in [0.15, 0.2) is 53.4 Å². The maximum atomic E-state index is 16.3. The Balaban J connectivity index is 0.988. The van der Waals surface area contributed by atoms with E-state index in [1.54, 1.807) is 35.2 Å². The number of likely N-dealkylation sites (tertiary alicyclic amines) is 3. The first-order valence-corrected chi connectivity index (χ1v) is 21.6. The van der Waals surface area contributed by atoms with Crippen LogP contribution in [-0.4, -0.2) is 125 Å². The topological polar surface area (TPSA) is 102 Å². The molecule has 4 atom stereocenters. The molecule has 0 spiro atoms. The molecule has 54 heavy (non-hydrogen) atoms. The Morgan fingerprint density at radius 3 is 2.31 bits per heavy atom. The van der Waals surface area contributed by atoms with Crippen molar-refractivity contribution in [2.75, 3.05) is 83.2 Å². The Labute approximate surface area is 319 Å². The predicted octanol–water partition coefficient (Wildman–Crippen LogP) is 5.27. The number of anilines is 1. The van der Waals surface area contributed by atoms with E-state index in [1.807, 2.05) is 11.0 Å². The minimum atomic E-state index is -3.52. The van der Waals surface area contributed by atoms with Crippen LogP contribution in [0, 0.1) is 23.6 Å². The molecule has 2 aromatic carbocycles. The summed E-state index contributed by atoms with van der Waals surface area (Å²) >= 11 is 0. The molecule has 4 heterocycles. The van der Waals surface area contributed by atoms with Crippen molar-refractivity contribution in [2.24, 2.45) is 17.8 Å². The zero-order chi connectivity index (χ0) is 38.1. The Morgan fingerprint density at radius 2 is 1.67 bits per heavy atom. The number of piperidine rings is 2. The monoisotopic (exact) mass is 769 g/mol. The molecular weight excluding hydrogens is 713 g/mol. The number of ether oxygens (including phenoxy) is 1. The summed E-state index contributed by atoms with van der Waals surface area (Å²) in [6, 6.07) is 13.8. The van der Waals surface area contributed by atoms with Gasteiger partial charge in [-0.3, -0.25) is 9.69 Å². The number of hydrogen-bond acceptors (Lipinski definition) is 8. The van der Waals surface area contributed by atoms with Gasteiger partial charge in [-0.1, -0.05) is 18.6 Å². The Bertz CT molecular complexity index is 1750. The molecule has 5 fully saturated rings. The molecule has 4 saturated heterocycles. The molecule has 1 N–H and O–H groups in total. The zero-order valence-corrected chi connectivity index (χ0v) is 32.7. The van der Waals surface area contributed by atoms with Gasteiger partial charge in [0.25, 0.3) is 0 Å². The quantitative estimate of drug-likeness (QED) is 0.312. The van der Waals surface area contributed by atoms with Crippen LogP contribution in [0.5, 0.6) is 0 Å². The number of benzene rings is 2. The average Bonchev–Trinajstić information content (AvgIpc) is 3.59. The van der Waals surface area contributed by atoms with Crippen LogP contribution in [0.3, 0.4) is 0 Å². The van der Waals surface area contributed by atoms with Crippen LogP contribution < -0.4 is 10.2 Å². The highest BCUT2D eigenvalue weighted by Crippen LogP contribution is 2.51. The Kier molecular flexibility index (Phi) is 11.6. The van der Waals surface area contributed by atoms with Crippen molar-refractivity contribution in [2.45, 2.75) is 80.3 Å². The first-order valence-electron chi connectivity index (χ1n) is 19.9. The second kappa shape index (κ2) is 16.1. The van der Waals surface area contributed by atoms with E-state index in [0.29, 0.717) is 19.6 Å². The van der Waals surface area contributed by atoms with Gasteiger partial charge in [-0.25, -0.2) is 22.0 Å². The van der Waals surface area contributed by atoms with E-state index in [0.717, 1.165) is 95.3 Å². The first-order chi connectivity index (χ1) is 25.9. The number of nitrogens with zero attached hydrogens (tertiary/aromatic N) is 4. The summed E-state index contributed by atoms with van der Waals surface area (Å²) in [4.78, 5) is 33.0. The summed E-state index contributed by atoms with van der Waals surface area (Å²) in [6.45, 7) is 7.81. The fourth-order valence-electron chi connectivity index (χ4n) is 10.4. The molecule has 1 saturated carbocycles. The normalized spacial score (nSPS) is 26.4. The van der Waals surface area contributed by atoms with E-state index >= 15 is 4.39 Å². The molecular formula is C41H57F2N5O5S. The molecule has 2 aromatic rings. The van der Waals surface area contributed by atoms with Crippen LogP contribution in [0.2, 0.25) is 0 Å². The van der Waals surface area contributed by atoms with Gasteiger partial charge in [-0.2, -0.15) is 0 Å². The second-order valence-corrected chi connectivity index (χ2v) is 18.8. The number of hydrogen-bond donors (Lipinski definition) is 1. The third-order valence-electron chi connectivity index (χ3n) is 13.2. The highest BCUT2D eigenvalue weighted by Gasteiger charge is 2.54. The van der Waals surface area contributed by atoms with Crippen LogP contribution >= 0.6 is 0 Å². The summed E-state index contributed by atoms with van der Waals surface area (Å²) in [6.07, 6.45) is 6.80. The van der Waals surface area contributed by atoms with Crippen molar-refractivity contribution in [1.82, 2.24) is 20.0 Å². The van der Waals surface area contributed by atoms with E-state index in [1.165, 1.54) is 20.1 Å². The van der Waals surface area contributed by atoms with Gasteiger partial charge in [-0.05, 0) is 131 Å². The smallest absolute Gasteiger partial charge is 0.407 e. The number of nitrogens with one attached hydrogen (secondary N) is 1. The lowest BCUT2D eigenvalue weighted by Crippen LogP contribution is -2.65. The maximum Gasteiger partial charge on any atom is 0.407 e. The minimum absolute atomic E-state index is 0.0113. The standard InChI is InChI=1S/C41H57F2N5O5S/c1-30(49)47-20-5-7-31(24-47)25-54(51,52)36-14-12-35(13-15-36)48-27-40(43,28-48)26-46-21-16-32(17-22-46)41(29-45-18-6-19-45,33-8-3-9-34(42)23-33)37-10-4-11-38(37)44-39(50)53-2/h3,8-9,12-15,23,31-32,37-38H,4-7,10-11,16-22,24-29H2,1-2H3,(H,44,50)/t31?,37-,38-,41-/m0/s1. The number of halogens is 2. The molecule has 10 nitrogen and oxygen atoms in total. The minimum Gasteiger partial charge on any atom is -0.453 e. The predicted molar refractivity (Wildman–Crippen MR) is 204 cm³/mol. The van der Waals surface area contributed by atoms with Gasteiger partial charge >= 0.3 is 6.09 Å². The van der Waals surface area contributed by atoms with E-state index < -0.39 is 21.6 Å². The average molecular weight is 770 g/mol. The third kappa shape index (κ3) is 8.28. The van der Waals surface area contributed by atoms with Gasteiger partial charge in [0.15, 0.2) is 15.5 Å². The molecule has 5 aliphatic rings. The molecule has 7 rings (SSSR count). The van der Waals surface area contributed by atoms with Crippen molar-refractivity contribution < 1.29 is 31.5 Å². The van der Waals surface area contributed by atoms with Crippen LogP contribution in [-0.2, 0) is 24.8 Å². The fraction of sp³-hybridized carbons (Fsp3) is 0.659. The van der Waals surface area contributed by atoms with E-state index in [9.17, 15) is 22.4 Å². The second-order valence-electron chi connectivity index (χ2n) is 16.8. The van der Waals surface area contributed by atoms with E-state index in [2.05, 4.69) is 21.2 Å². The lowest BCUT2D eigenvalue weighted by molar-refractivity contribution is -0.130. The third-order valence-corrected chi connectivity index (χ3v) is 15.1. The summed E-state index contributed by atoms with van der Waals surface area (Å²) in [5.41, 5.74) is 0.0568. The SMILES string of the molecule is COC(=O)N[C@H]1CCC[C@@H]1[C@](CN1CCC1)(c1cccc(F)c1)C1CCN(CC2(F)CN(c3ccc(S(=O)(=O)CC4CCCN(C(C)=O)C4)cc3)C2)CC1. The number of alkyl halides is 1. The van der Waals surface area contributed by atoms with Gasteiger partial charge in [0.05, 0.1) is 30.8 Å². The van der Waals surface area contributed by atoms with Crippen molar-refractivity contribution in [1.29, 1.82) is 0 Å². The van der Waals surface area contributed by atoms with Gasteiger partial charge in [0.1, 0.15) is 5.82 Å². The summed E-state index contributed by atoms with van der Waals surface area (Å²) < 4.78 is 62.7. The molecule has 1 unspecified atom stereocenters. The van der Waals surface area contributed by atoms with Crippen LogP contribution in [0.25, 0.3) is 0 Å². The zero-order valence-electron chi connectivity index (χ0n) is 31.9. The van der Waals surface area contributed by atoms with E-state index in [-0.39, 0.29) is 64.7 Å². The molecule has 2 amide bonds. The maximum absolute atomic E-state index is 16.3. The molecule has 0 aromatic heterocycles. The van der Waals surface area contributed by atoms with Gasteiger partial charge in [-0.15, -0.1) is 0 Å². The first kappa shape index (κ1) is 39.0. The number of rotatable bonds is 12. The lowest BCUT2D eigenvalue weighted by Gasteiger charge is -2.54. The van der Waals surface area contributed by atoms with Crippen molar-refractivity contribution in [3.63, 3.8) is 0 Å². The molecule has 13 heteroatoms.